The van der Waals surface area contributed by atoms with Crippen LogP contribution in [-0.4, -0.2) is 22.9 Å². The van der Waals surface area contributed by atoms with Gasteiger partial charge in [-0.3, -0.25) is 9.78 Å². The topological polar surface area (TPSA) is 70.7 Å². The van der Waals surface area contributed by atoms with Crippen LogP contribution in [0.2, 0.25) is 0 Å². The minimum absolute atomic E-state index is 0.141. The van der Waals surface area contributed by atoms with E-state index < -0.39 is 0 Å². The Hall–Kier alpha value is -4.24. The lowest BCUT2D eigenvalue weighted by Crippen LogP contribution is -2.26. The van der Waals surface area contributed by atoms with Gasteiger partial charge in [-0.2, -0.15) is 4.85 Å². The number of carbonyl (C=O) groups is 1. The van der Waals surface area contributed by atoms with Crippen LogP contribution in [-0.2, 0) is 0 Å². The number of benzene rings is 2. The number of allylic oxidation sites excluding steroid dienone is 1. The van der Waals surface area contributed by atoms with Crippen LogP contribution in [0, 0.1) is 13.5 Å². The third-order valence-corrected chi connectivity index (χ3v) is 5.57. The van der Waals surface area contributed by atoms with Crippen LogP contribution in [0.3, 0.4) is 0 Å². The number of aryl methyl sites for hydroxylation is 1. The number of hydrogen-bond acceptors (Lipinski definition) is 3. The van der Waals surface area contributed by atoms with Crippen molar-refractivity contribution in [3.8, 4) is 6.57 Å². The summed E-state index contributed by atoms with van der Waals surface area (Å²) in [5.41, 5.74) is 5.51. The lowest BCUT2D eigenvalue weighted by atomic mass is 10.1. The molecule has 2 unspecified atom stereocenters. The van der Waals surface area contributed by atoms with E-state index in [0.29, 0.717) is 17.2 Å². The molecule has 2 aromatic carbocycles. The summed E-state index contributed by atoms with van der Waals surface area (Å²) >= 11 is 0. The van der Waals surface area contributed by atoms with Gasteiger partial charge in [0.25, 0.3) is 5.91 Å². The zero-order chi connectivity index (χ0) is 23.2. The molecule has 1 aliphatic rings. The molecule has 1 fully saturated rings. The second-order valence-corrected chi connectivity index (χ2v) is 8.18. The molecule has 164 valence electrons. The molecule has 0 spiro atoms. The van der Waals surface area contributed by atoms with Gasteiger partial charge < -0.3 is 5.32 Å². The zero-order valence-electron chi connectivity index (χ0n) is 18.7. The first-order valence-electron chi connectivity index (χ1n) is 10.8. The number of amides is 1. The summed E-state index contributed by atoms with van der Waals surface area (Å²) in [6, 6.07) is 20.2. The second-order valence-electron chi connectivity index (χ2n) is 8.18. The molecule has 3 aromatic rings. The van der Waals surface area contributed by atoms with Crippen LogP contribution in [0.15, 0.2) is 84.2 Å². The van der Waals surface area contributed by atoms with Crippen LogP contribution in [0.4, 0.5) is 5.69 Å². The Balaban J connectivity index is 1.40. The van der Waals surface area contributed by atoms with E-state index in [2.05, 4.69) is 43.7 Å². The molecule has 0 radical (unpaired) electrons. The number of carbonyl (C=O) groups excluding carboxylic acids is 1. The molecule has 0 aliphatic heterocycles. The van der Waals surface area contributed by atoms with Crippen molar-refractivity contribution in [3.63, 3.8) is 0 Å². The molecule has 1 aliphatic carbocycles. The zero-order valence-corrected chi connectivity index (χ0v) is 18.7. The first-order valence-corrected chi connectivity index (χ1v) is 10.8. The van der Waals surface area contributed by atoms with Crippen LogP contribution in [0.5, 0.6) is 0 Å². The largest absolute Gasteiger partial charge is 0.493 e. The fraction of sp³-hybridized carbons (Fsp3) is 0.185. The highest BCUT2D eigenvalue weighted by molar-refractivity contribution is 6.03. The third kappa shape index (κ3) is 5.72. The Labute approximate surface area is 193 Å². The van der Waals surface area contributed by atoms with Crippen molar-refractivity contribution < 1.29 is 4.79 Å². The number of nitrogens with zero attached hydrogens (tertiary/aromatic N) is 3. The van der Waals surface area contributed by atoms with Gasteiger partial charge in [-0.25, -0.2) is 5.32 Å². The predicted octanol–water partition coefficient (Wildman–Crippen LogP) is 5.47. The average molecular weight is 437 g/mol. The summed E-state index contributed by atoms with van der Waals surface area (Å²) < 4.78 is 0. The number of guanidine groups is 1. The molecule has 0 bridgehead atoms. The molecule has 1 amide bonds. The molecule has 33 heavy (non-hydrogen) atoms. The van der Waals surface area contributed by atoms with Gasteiger partial charge in [0, 0.05) is 18.2 Å². The molecule has 1 aromatic heterocycles. The number of rotatable bonds is 6. The van der Waals surface area contributed by atoms with Crippen molar-refractivity contribution >= 4 is 23.1 Å². The van der Waals surface area contributed by atoms with E-state index >= 15 is 0 Å². The number of anilines is 1. The van der Waals surface area contributed by atoms with E-state index in [4.69, 9.17) is 6.57 Å². The van der Waals surface area contributed by atoms with E-state index in [0.717, 1.165) is 17.6 Å². The van der Waals surface area contributed by atoms with E-state index in [1.165, 1.54) is 11.1 Å². The smallest absolute Gasteiger partial charge is 0.349 e. The Morgan fingerprint density at radius 2 is 1.94 bits per heavy atom. The van der Waals surface area contributed by atoms with Crippen molar-refractivity contribution in [2.45, 2.75) is 32.2 Å². The summed E-state index contributed by atoms with van der Waals surface area (Å²) in [6.45, 7) is 9.53. The average Bonchev–Trinajstić information content (AvgIpc) is 3.61. The normalized spacial score (nSPS) is 17.7. The van der Waals surface area contributed by atoms with E-state index in [1.807, 2.05) is 50.2 Å². The SMILES string of the molecule is C#[N+]C(=N/C=C(\C)c1cccc(C)c1)Nc1cncc(C(=O)NC2CC2c2ccccc2)c1. The molecule has 2 atom stereocenters. The van der Waals surface area contributed by atoms with E-state index in [1.54, 1.807) is 24.7 Å². The van der Waals surface area contributed by atoms with Gasteiger partial charge in [-0.1, -0.05) is 65.2 Å². The Bertz CT molecular complexity index is 1260. The molecule has 4 rings (SSSR count). The number of aromatic nitrogens is 1. The number of aliphatic imine (C=N–C) groups is 1. The molecule has 1 saturated carbocycles. The minimum atomic E-state index is -0.159. The summed E-state index contributed by atoms with van der Waals surface area (Å²) in [5.74, 6) is 0.420. The Kier molecular flexibility index (Phi) is 6.61. The highest BCUT2D eigenvalue weighted by Crippen LogP contribution is 2.40. The number of hydrogen-bond donors (Lipinski definition) is 2. The standard InChI is InChI=1S/C27H25N5O/c1-18-8-7-11-21(12-18)19(2)15-30-27(28-3)31-23-13-22(16-29-17-23)26(33)32-25-14-24(25)20-9-5-4-6-10-20/h3-13,15-17,24-25H,14H2,1-2H3,(H-,30,31,32,33)/p+1/b19-15+. The highest BCUT2D eigenvalue weighted by atomic mass is 16.1. The first kappa shape index (κ1) is 22.0. The lowest BCUT2D eigenvalue weighted by Gasteiger charge is -2.05. The van der Waals surface area contributed by atoms with Crippen LogP contribution in [0.25, 0.3) is 10.4 Å². The van der Waals surface area contributed by atoms with Gasteiger partial charge in [-0.15, -0.1) is 0 Å². The molecule has 6 nitrogen and oxygen atoms in total. The molecular weight excluding hydrogens is 410 g/mol. The van der Waals surface area contributed by atoms with Crippen LogP contribution in [0.1, 0.15) is 46.3 Å². The number of pyridine rings is 1. The Morgan fingerprint density at radius 3 is 2.70 bits per heavy atom. The van der Waals surface area contributed by atoms with Gasteiger partial charge in [0.1, 0.15) is 18.5 Å². The van der Waals surface area contributed by atoms with Crippen LogP contribution >= 0.6 is 0 Å². The molecular formula is C27H26N5O+. The maximum atomic E-state index is 12.7. The van der Waals surface area contributed by atoms with Gasteiger partial charge in [0.05, 0.1) is 11.8 Å². The minimum Gasteiger partial charge on any atom is -0.349 e. The quantitative estimate of drug-likeness (QED) is 0.398. The molecule has 1 heterocycles. The van der Waals surface area contributed by atoms with E-state index in [-0.39, 0.29) is 17.9 Å². The summed E-state index contributed by atoms with van der Waals surface area (Å²) in [7, 11) is 0. The van der Waals surface area contributed by atoms with E-state index in [9.17, 15) is 4.79 Å². The van der Waals surface area contributed by atoms with Gasteiger partial charge in [-0.05, 0) is 43.0 Å². The second kappa shape index (κ2) is 9.92. The fourth-order valence-corrected chi connectivity index (χ4v) is 3.66. The van der Waals surface area contributed by atoms with Crippen molar-refractivity contribution in [3.05, 3.63) is 106 Å². The highest BCUT2D eigenvalue weighted by Gasteiger charge is 2.39. The molecule has 6 heteroatoms. The fourth-order valence-electron chi connectivity index (χ4n) is 3.66. The third-order valence-electron chi connectivity index (χ3n) is 5.57. The van der Waals surface area contributed by atoms with Crippen molar-refractivity contribution in [2.24, 2.45) is 4.99 Å². The van der Waals surface area contributed by atoms with Gasteiger partial charge in [0.15, 0.2) is 0 Å². The number of nitrogens with one attached hydrogen (secondary N) is 2. The first-order chi connectivity index (χ1) is 16.0. The molecule has 2 N–H and O–H groups in total. The van der Waals surface area contributed by atoms with Gasteiger partial charge in [0.2, 0.25) is 0 Å². The summed E-state index contributed by atoms with van der Waals surface area (Å²) in [6.07, 6.45) is 5.78. The Morgan fingerprint density at radius 1 is 1.12 bits per heavy atom. The van der Waals surface area contributed by atoms with Crippen molar-refractivity contribution in [1.29, 1.82) is 0 Å². The van der Waals surface area contributed by atoms with Crippen molar-refractivity contribution in [1.82, 2.24) is 10.3 Å². The van der Waals surface area contributed by atoms with Crippen LogP contribution < -0.4 is 10.6 Å². The predicted molar refractivity (Wildman–Crippen MR) is 133 cm³/mol. The monoisotopic (exact) mass is 436 g/mol. The van der Waals surface area contributed by atoms with Crippen molar-refractivity contribution in [2.75, 3.05) is 5.32 Å². The van der Waals surface area contributed by atoms with Gasteiger partial charge >= 0.3 is 5.96 Å². The summed E-state index contributed by atoms with van der Waals surface area (Å²) in [5, 5.41) is 6.10. The maximum Gasteiger partial charge on any atom is 0.493 e. The summed E-state index contributed by atoms with van der Waals surface area (Å²) in [4.78, 5) is 24.9. The molecule has 0 saturated heterocycles. The maximum absolute atomic E-state index is 12.7. The lowest BCUT2D eigenvalue weighted by molar-refractivity contribution is 0.0950.